The second-order valence-corrected chi connectivity index (χ2v) is 6.10. The van der Waals surface area contributed by atoms with Crippen LogP contribution < -0.4 is 19.5 Å². The Kier molecular flexibility index (Phi) is 6.84. The van der Waals surface area contributed by atoms with Gasteiger partial charge in [0.05, 0.1) is 11.3 Å². The number of carbonyl (C=O) groups is 2. The lowest BCUT2D eigenvalue weighted by Crippen LogP contribution is -2.12. The van der Waals surface area contributed by atoms with Gasteiger partial charge in [-0.15, -0.1) is 0 Å². The highest BCUT2D eigenvalue weighted by atomic mass is 16.5. The van der Waals surface area contributed by atoms with Crippen LogP contribution in [0.5, 0.6) is 17.2 Å². The van der Waals surface area contributed by atoms with Gasteiger partial charge in [-0.2, -0.15) is 0 Å². The summed E-state index contributed by atoms with van der Waals surface area (Å²) < 4.78 is 16.6. The molecule has 1 amide bonds. The van der Waals surface area contributed by atoms with Crippen LogP contribution in [-0.2, 0) is 4.79 Å². The molecule has 0 heterocycles. The van der Waals surface area contributed by atoms with Gasteiger partial charge in [0.1, 0.15) is 24.7 Å². The lowest BCUT2D eigenvalue weighted by atomic mass is 10.2. The molecule has 29 heavy (non-hydrogen) atoms. The number of esters is 1. The molecule has 3 aromatic rings. The zero-order valence-electron chi connectivity index (χ0n) is 16.0. The summed E-state index contributed by atoms with van der Waals surface area (Å²) in [6.07, 6.45) is 0. The molecule has 3 rings (SSSR count). The van der Waals surface area contributed by atoms with E-state index in [1.165, 1.54) is 6.92 Å². The van der Waals surface area contributed by atoms with Crippen molar-refractivity contribution in [2.45, 2.75) is 6.92 Å². The van der Waals surface area contributed by atoms with E-state index in [1.54, 1.807) is 48.5 Å². The van der Waals surface area contributed by atoms with Gasteiger partial charge in [-0.25, -0.2) is 4.79 Å². The molecule has 0 aliphatic heterocycles. The molecule has 0 atom stereocenters. The highest BCUT2D eigenvalue weighted by Crippen LogP contribution is 2.25. The number of carbonyl (C=O) groups excluding carboxylic acids is 2. The molecule has 0 spiro atoms. The molecule has 6 nitrogen and oxygen atoms in total. The van der Waals surface area contributed by atoms with Crippen LogP contribution in [0.15, 0.2) is 78.9 Å². The molecule has 1 N–H and O–H groups in total. The second kappa shape index (κ2) is 9.94. The zero-order valence-corrected chi connectivity index (χ0v) is 16.0. The molecule has 0 fully saturated rings. The van der Waals surface area contributed by atoms with E-state index in [0.29, 0.717) is 30.2 Å². The zero-order chi connectivity index (χ0) is 20.5. The van der Waals surface area contributed by atoms with Gasteiger partial charge in [0, 0.05) is 6.92 Å². The predicted octanol–water partition coefficient (Wildman–Crippen LogP) is 4.32. The maximum atomic E-state index is 12.4. The molecule has 0 aliphatic rings. The SMILES string of the molecule is CC(=O)Nc1ccccc1OC(=O)c1ccc(OCCOc2ccccc2)cc1. The quantitative estimate of drug-likeness (QED) is 0.352. The van der Waals surface area contributed by atoms with E-state index in [4.69, 9.17) is 14.2 Å². The molecule has 0 unspecified atom stereocenters. The first-order valence-electron chi connectivity index (χ1n) is 9.11. The van der Waals surface area contributed by atoms with Crippen molar-refractivity contribution in [2.24, 2.45) is 0 Å². The summed E-state index contributed by atoms with van der Waals surface area (Å²) in [5.74, 6) is 0.921. The molecule has 148 valence electrons. The maximum Gasteiger partial charge on any atom is 0.343 e. The van der Waals surface area contributed by atoms with Gasteiger partial charge in [-0.3, -0.25) is 4.79 Å². The molecule has 0 aromatic heterocycles. The molecule has 0 saturated heterocycles. The number of hydrogen-bond donors (Lipinski definition) is 1. The van der Waals surface area contributed by atoms with Crippen LogP contribution >= 0.6 is 0 Å². The summed E-state index contributed by atoms with van der Waals surface area (Å²) in [5, 5.41) is 2.63. The summed E-state index contributed by atoms with van der Waals surface area (Å²) in [6.45, 7) is 2.18. The molecule has 6 heteroatoms. The number of ether oxygens (including phenoxy) is 3. The van der Waals surface area contributed by atoms with Crippen molar-refractivity contribution in [2.75, 3.05) is 18.5 Å². The van der Waals surface area contributed by atoms with E-state index in [2.05, 4.69) is 5.32 Å². The Labute approximate surface area is 169 Å². The highest BCUT2D eigenvalue weighted by Gasteiger charge is 2.12. The lowest BCUT2D eigenvalue weighted by molar-refractivity contribution is -0.114. The molecular weight excluding hydrogens is 370 g/mol. The third-order valence-electron chi connectivity index (χ3n) is 3.85. The number of hydrogen-bond acceptors (Lipinski definition) is 5. The van der Waals surface area contributed by atoms with Crippen molar-refractivity contribution in [3.05, 3.63) is 84.4 Å². The second-order valence-electron chi connectivity index (χ2n) is 6.10. The van der Waals surface area contributed by atoms with E-state index in [-0.39, 0.29) is 11.7 Å². The minimum absolute atomic E-state index is 0.244. The Balaban J connectivity index is 1.52. The van der Waals surface area contributed by atoms with Crippen LogP contribution in [0.1, 0.15) is 17.3 Å². The molecular formula is C23H21NO5. The summed E-state index contributed by atoms with van der Waals surface area (Å²) >= 11 is 0. The van der Waals surface area contributed by atoms with E-state index in [9.17, 15) is 9.59 Å². The molecule has 0 aliphatic carbocycles. The Morgan fingerprint density at radius 1 is 0.759 bits per heavy atom. The van der Waals surface area contributed by atoms with Gasteiger partial charge in [0.25, 0.3) is 0 Å². The third-order valence-corrected chi connectivity index (χ3v) is 3.85. The smallest absolute Gasteiger partial charge is 0.343 e. The summed E-state index contributed by atoms with van der Waals surface area (Å²) in [5.41, 5.74) is 0.808. The first-order chi connectivity index (χ1) is 14.1. The van der Waals surface area contributed by atoms with Crippen molar-refractivity contribution < 1.29 is 23.8 Å². The summed E-state index contributed by atoms with van der Waals surface area (Å²) in [7, 11) is 0. The third kappa shape index (κ3) is 6.10. The van der Waals surface area contributed by atoms with Crippen molar-refractivity contribution in [1.82, 2.24) is 0 Å². The fraction of sp³-hybridized carbons (Fsp3) is 0.130. The Hall–Kier alpha value is -3.80. The average molecular weight is 391 g/mol. The first kappa shape index (κ1) is 19.9. The van der Waals surface area contributed by atoms with E-state index >= 15 is 0 Å². The van der Waals surface area contributed by atoms with Crippen LogP contribution in [-0.4, -0.2) is 25.1 Å². The van der Waals surface area contributed by atoms with Crippen LogP contribution in [0.25, 0.3) is 0 Å². The number of nitrogens with one attached hydrogen (secondary N) is 1. The number of anilines is 1. The maximum absolute atomic E-state index is 12.4. The number of benzene rings is 3. The van der Waals surface area contributed by atoms with Crippen molar-refractivity contribution in [1.29, 1.82) is 0 Å². The van der Waals surface area contributed by atoms with Gasteiger partial charge < -0.3 is 19.5 Å². The fourth-order valence-corrected chi connectivity index (χ4v) is 2.53. The van der Waals surface area contributed by atoms with Crippen LogP contribution in [0.3, 0.4) is 0 Å². The van der Waals surface area contributed by atoms with E-state index in [1.807, 2.05) is 30.3 Å². The van der Waals surface area contributed by atoms with Crippen LogP contribution in [0.2, 0.25) is 0 Å². The average Bonchev–Trinajstić information content (AvgIpc) is 2.73. The first-order valence-corrected chi connectivity index (χ1v) is 9.11. The Morgan fingerprint density at radius 2 is 1.34 bits per heavy atom. The van der Waals surface area contributed by atoms with Gasteiger partial charge in [0.2, 0.25) is 5.91 Å². The monoisotopic (exact) mass is 391 g/mol. The number of rotatable bonds is 8. The predicted molar refractivity (Wildman–Crippen MR) is 110 cm³/mol. The van der Waals surface area contributed by atoms with Crippen LogP contribution in [0.4, 0.5) is 5.69 Å². The Morgan fingerprint density at radius 3 is 2.00 bits per heavy atom. The topological polar surface area (TPSA) is 73.9 Å². The molecule has 3 aromatic carbocycles. The molecule has 0 radical (unpaired) electrons. The normalized spacial score (nSPS) is 10.1. The van der Waals surface area contributed by atoms with Gasteiger partial charge in [0.15, 0.2) is 5.75 Å². The lowest BCUT2D eigenvalue weighted by Gasteiger charge is -2.11. The van der Waals surface area contributed by atoms with Gasteiger partial charge in [-0.1, -0.05) is 30.3 Å². The van der Waals surface area contributed by atoms with E-state index in [0.717, 1.165) is 5.75 Å². The van der Waals surface area contributed by atoms with Crippen molar-refractivity contribution in [3.8, 4) is 17.2 Å². The Bertz CT molecular complexity index is 955. The standard InChI is InChI=1S/C23H21NO5/c1-17(25)24-21-9-5-6-10-22(21)29-23(26)18-11-13-20(14-12-18)28-16-15-27-19-7-3-2-4-8-19/h2-14H,15-16H2,1H3,(H,24,25). The fourth-order valence-electron chi connectivity index (χ4n) is 2.53. The number of para-hydroxylation sites is 3. The summed E-state index contributed by atoms with van der Waals surface area (Å²) in [6, 6.07) is 22.9. The number of amides is 1. The molecule has 0 bridgehead atoms. The van der Waals surface area contributed by atoms with Gasteiger partial charge in [-0.05, 0) is 48.5 Å². The minimum atomic E-state index is -0.526. The molecule has 0 saturated carbocycles. The highest BCUT2D eigenvalue weighted by molar-refractivity contribution is 5.94. The van der Waals surface area contributed by atoms with Crippen molar-refractivity contribution >= 4 is 17.6 Å². The summed E-state index contributed by atoms with van der Waals surface area (Å²) in [4.78, 5) is 23.7. The minimum Gasteiger partial charge on any atom is -0.490 e. The van der Waals surface area contributed by atoms with E-state index < -0.39 is 5.97 Å². The van der Waals surface area contributed by atoms with Gasteiger partial charge >= 0.3 is 5.97 Å². The largest absolute Gasteiger partial charge is 0.490 e. The van der Waals surface area contributed by atoms with Crippen LogP contribution in [0, 0.1) is 0 Å². The van der Waals surface area contributed by atoms with Crippen molar-refractivity contribution in [3.63, 3.8) is 0 Å².